The Morgan fingerprint density at radius 3 is 2.92 bits per heavy atom. The number of benzene rings is 1. The number of aromatic nitrogens is 2. The molecule has 0 saturated heterocycles. The van der Waals surface area contributed by atoms with E-state index in [9.17, 15) is 14.7 Å². The van der Waals surface area contributed by atoms with Gasteiger partial charge >= 0.3 is 0 Å². The zero-order chi connectivity index (χ0) is 18.1. The highest BCUT2D eigenvalue weighted by Crippen LogP contribution is 2.24. The number of hydrogen-bond donors (Lipinski definition) is 3. The molecule has 1 unspecified atom stereocenters. The Balaban J connectivity index is 1.76. The fourth-order valence-corrected chi connectivity index (χ4v) is 3.29. The minimum absolute atomic E-state index is 0.0991. The summed E-state index contributed by atoms with van der Waals surface area (Å²) in [7, 11) is 0. The van der Waals surface area contributed by atoms with Crippen LogP contribution >= 0.6 is 23.2 Å². The molecule has 2 aromatic rings. The number of rotatable bonds is 3. The van der Waals surface area contributed by atoms with Crippen molar-refractivity contribution >= 4 is 35.0 Å². The van der Waals surface area contributed by atoms with E-state index in [-0.39, 0.29) is 36.9 Å². The third-order valence-corrected chi connectivity index (χ3v) is 4.49. The maximum atomic E-state index is 12.3. The number of aliphatic hydroxyl groups excluding tert-OH is 1. The van der Waals surface area contributed by atoms with Gasteiger partial charge in [-0.2, -0.15) is 5.10 Å². The maximum absolute atomic E-state index is 12.3. The average Bonchev–Trinajstić information content (AvgIpc) is 2.90. The molecule has 3 N–H and O–H groups in total. The van der Waals surface area contributed by atoms with Gasteiger partial charge in [0.2, 0.25) is 0 Å². The Kier molecular flexibility index (Phi) is 4.99. The van der Waals surface area contributed by atoms with Gasteiger partial charge in [-0.3, -0.25) is 14.3 Å². The van der Waals surface area contributed by atoms with Crippen molar-refractivity contribution in [1.29, 1.82) is 0 Å². The van der Waals surface area contributed by atoms with E-state index < -0.39 is 12.0 Å². The van der Waals surface area contributed by atoms with Crippen molar-refractivity contribution in [1.82, 2.24) is 20.4 Å². The van der Waals surface area contributed by atoms with Crippen molar-refractivity contribution in [3.63, 3.8) is 0 Å². The van der Waals surface area contributed by atoms with Gasteiger partial charge in [0, 0.05) is 29.2 Å². The molecule has 25 heavy (non-hydrogen) atoms. The van der Waals surface area contributed by atoms with Gasteiger partial charge in [-0.15, -0.1) is 0 Å². The molecule has 7 nitrogen and oxygen atoms in total. The largest absolute Gasteiger partial charge is 0.389 e. The molecule has 3 rings (SSSR count). The second-order valence-electron chi connectivity index (χ2n) is 5.83. The molecule has 0 fully saturated rings. The average molecular weight is 383 g/mol. The van der Waals surface area contributed by atoms with E-state index in [0.29, 0.717) is 10.0 Å². The highest BCUT2D eigenvalue weighted by molar-refractivity contribution is 6.35. The van der Waals surface area contributed by atoms with Crippen LogP contribution < -0.4 is 10.6 Å². The van der Waals surface area contributed by atoms with Crippen LogP contribution in [-0.4, -0.2) is 39.4 Å². The fraction of sp³-hybridized carbons (Fsp3) is 0.312. The summed E-state index contributed by atoms with van der Waals surface area (Å²) in [4.78, 5) is 24.3. The number of fused-ring (bicyclic) bond motifs is 1. The lowest BCUT2D eigenvalue weighted by molar-refractivity contribution is 0.0931. The summed E-state index contributed by atoms with van der Waals surface area (Å²) < 4.78 is 1.34. The predicted molar refractivity (Wildman–Crippen MR) is 92.9 cm³/mol. The molecule has 0 radical (unpaired) electrons. The maximum Gasteiger partial charge on any atom is 0.272 e. The second-order valence-corrected chi connectivity index (χ2v) is 6.67. The van der Waals surface area contributed by atoms with Gasteiger partial charge in [0.05, 0.1) is 12.6 Å². The van der Waals surface area contributed by atoms with Gasteiger partial charge in [-0.05, 0) is 30.2 Å². The summed E-state index contributed by atoms with van der Waals surface area (Å²) in [6.45, 7) is 2.35. The summed E-state index contributed by atoms with van der Waals surface area (Å²) >= 11 is 12.1. The molecule has 2 amide bonds. The van der Waals surface area contributed by atoms with Gasteiger partial charge in [-0.1, -0.05) is 23.2 Å². The normalized spacial score (nSPS) is 16.8. The molecule has 0 saturated carbocycles. The minimum atomic E-state index is -0.753. The summed E-state index contributed by atoms with van der Waals surface area (Å²) in [5.41, 5.74) is 1.96. The first kappa shape index (κ1) is 17.7. The Morgan fingerprint density at radius 1 is 1.44 bits per heavy atom. The van der Waals surface area contributed by atoms with Crippen LogP contribution in [0.5, 0.6) is 0 Å². The number of nitrogens with one attached hydrogen (secondary N) is 2. The van der Waals surface area contributed by atoms with Crippen molar-refractivity contribution in [2.24, 2.45) is 0 Å². The lowest BCUT2D eigenvalue weighted by atomic mass is 10.1. The third-order valence-electron chi connectivity index (χ3n) is 3.94. The third kappa shape index (κ3) is 3.78. The van der Waals surface area contributed by atoms with Crippen LogP contribution in [0, 0.1) is 6.92 Å². The standard InChI is InChI=1S/C16H16Cl2N4O3/c1-8-2-9(17)3-12(18)11(8)6-20-15(24)13-4-14-16(25)19-5-10(23)7-22(14)21-13/h2-4,10,23H,5-7H2,1H3,(H,19,25)(H,20,24). The Labute approximate surface area is 153 Å². The lowest BCUT2D eigenvalue weighted by Crippen LogP contribution is -2.30. The van der Waals surface area contributed by atoms with Crippen LogP contribution in [0.3, 0.4) is 0 Å². The topological polar surface area (TPSA) is 96.2 Å². The van der Waals surface area contributed by atoms with E-state index in [1.54, 1.807) is 12.1 Å². The van der Waals surface area contributed by atoms with Crippen molar-refractivity contribution in [3.8, 4) is 0 Å². The van der Waals surface area contributed by atoms with Gasteiger partial charge in [0.1, 0.15) is 5.69 Å². The number of carbonyl (C=O) groups excluding carboxylic acids is 2. The van der Waals surface area contributed by atoms with Crippen molar-refractivity contribution in [2.75, 3.05) is 6.54 Å². The fourth-order valence-electron chi connectivity index (χ4n) is 2.63. The number of hydrogen-bond acceptors (Lipinski definition) is 4. The summed E-state index contributed by atoms with van der Waals surface area (Å²) in [5, 5.41) is 20.1. The number of halogens is 2. The number of nitrogens with zero attached hydrogens (tertiary/aromatic N) is 2. The highest BCUT2D eigenvalue weighted by Gasteiger charge is 2.24. The molecule has 1 aliphatic rings. The zero-order valence-corrected chi connectivity index (χ0v) is 14.9. The first-order chi connectivity index (χ1) is 11.8. The molecule has 0 bridgehead atoms. The van der Waals surface area contributed by atoms with Crippen LogP contribution in [0.2, 0.25) is 10.0 Å². The van der Waals surface area contributed by atoms with Gasteiger partial charge < -0.3 is 15.7 Å². The molecule has 1 atom stereocenters. The summed E-state index contributed by atoms with van der Waals surface area (Å²) in [6.07, 6.45) is -0.753. The summed E-state index contributed by atoms with van der Waals surface area (Å²) in [5.74, 6) is -0.812. The molecular weight excluding hydrogens is 367 g/mol. The lowest BCUT2D eigenvalue weighted by Gasteiger charge is -2.10. The molecular formula is C16H16Cl2N4O3. The van der Waals surface area contributed by atoms with Crippen LogP contribution in [0.15, 0.2) is 18.2 Å². The van der Waals surface area contributed by atoms with Crippen LogP contribution in [0.4, 0.5) is 0 Å². The Hall–Kier alpha value is -2.09. The van der Waals surface area contributed by atoms with Gasteiger partial charge in [0.25, 0.3) is 11.8 Å². The monoisotopic (exact) mass is 382 g/mol. The predicted octanol–water partition coefficient (Wildman–Crippen LogP) is 1.53. The highest BCUT2D eigenvalue weighted by atomic mass is 35.5. The number of aryl methyl sites for hydroxylation is 1. The van der Waals surface area contributed by atoms with E-state index in [0.717, 1.165) is 11.1 Å². The van der Waals surface area contributed by atoms with Gasteiger partial charge in [-0.25, -0.2) is 0 Å². The molecule has 9 heteroatoms. The molecule has 0 spiro atoms. The molecule has 2 heterocycles. The van der Waals surface area contributed by atoms with Crippen molar-refractivity contribution < 1.29 is 14.7 Å². The molecule has 1 aromatic heterocycles. The molecule has 132 valence electrons. The van der Waals surface area contributed by atoms with Crippen molar-refractivity contribution in [3.05, 3.63) is 50.8 Å². The van der Waals surface area contributed by atoms with E-state index in [4.69, 9.17) is 23.2 Å². The molecule has 1 aromatic carbocycles. The smallest absolute Gasteiger partial charge is 0.272 e. The molecule has 1 aliphatic heterocycles. The number of β-amino-alcohol motifs (C(OH)–C–C–N with tert-alkyl or cyclic N) is 1. The van der Waals surface area contributed by atoms with Crippen LogP contribution in [-0.2, 0) is 13.1 Å². The number of carbonyl (C=O) groups is 2. The number of aliphatic hydroxyl groups is 1. The van der Waals surface area contributed by atoms with E-state index in [1.807, 2.05) is 6.92 Å². The summed E-state index contributed by atoms with van der Waals surface area (Å²) in [6, 6.07) is 4.78. The Morgan fingerprint density at radius 2 is 2.20 bits per heavy atom. The van der Waals surface area contributed by atoms with E-state index in [2.05, 4.69) is 15.7 Å². The zero-order valence-electron chi connectivity index (χ0n) is 13.3. The molecule has 0 aliphatic carbocycles. The van der Waals surface area contributed by atoms with E-state index >= 15 is 0 Å². The second kappa shape index (κ2) is 7.03. The quantitative estimate of drug-likeness (QED) is 0.749. The first-order valence-electron chi connectivity index (χ1n) is 7.62. The SMILES string of the molecule is Cc1cc(Cl)cc(Cl)c1CNC(=O)c1cc2n(n1)CC(O)CNC2=O. The minimum Gasteiger partial charge on any atom is -0.389 e. The first-order valence-corrected chi connectivity index (χ1v) is 8.37. The van der Waals surface area contributed by atoms with Crippen LogP contribution in [0.25, 0.3) is 0 Å². The number of amides is 2. The van der Waals surface area contributed by atoms with Gasteiger partial charge in [0.15, 0.2) is 5.69 Å². The van der Waals surface area contributed by atoms with Crippen LogP contribution in [0.1, 0.15) is 32.1 Å². The van der Waals surface area contributed by atoms with Crippen molar-refractivity contribution in [2.45, 2.75) is 26.1 Å². The van der Waals surface area contributed by atoms with E-state index in [1.165, 1.54) is 10.7 Å². The Bertz CT molecular complexity index is 827.